The van der Waals surface area contributed by atoms with E-state index in [0.29, 0.717) is 13.2 Å². The van der Waals surface area contributed by atoms with Gasteiger partial charge in [-0.2, -0.15) is 0 Å². The summed E-state index contributed by atoms with van der Waals surface area (Å²) in [6.45, 7) is 7.42. The van der Waals surface area contributed by atoms with Crippen LogP contribution < -0.4 is 20.1 Å². The van der Waals surface area contributed by atoms with Crippen LogP contribution in [0, 0.1) is 5.92 Å². The molecule has 1 saturated heterocycles. The highest BCUT2D eigenvalue weighted by molar-refractivity contribution is 5.43. The van der Waals surface area contributed by atoms with Crippen LogP contribution in [0.2, 0.25) is 0 Å². The van der Waals surface area contributed by atoms with Gasteiger partial charge in [-0.25, -0.2) is 0 Å². The number of rotatable bonds is 9. The van der Waals surface area contributed by atoms with Gasteiger partial charge in [-0.3, -0.25) is 0 Å². The molecule has 0 amide bonds. The van der Waals surface area contributed by atoms with Gasteiger partial charge in [0.1, 0.15) is 6.61 Å². The molecule has 1 fully saturated rings. The SMILES string of the molecule is CCOc1cc(CNCC2CCNCC2)ccc1OCc1ccccc1. The molecule has 0 radical (unpaired) electrons. The summed E-state index contributed by atoms with van der Waals surface area (Å²) < 4.78 is 11.8. The molecule has 2 N–H and O–H groups in total. The fourth-order valence-electron chi connectivity index (χ4n) is 3.29. The predicted octanol–water partition coefficient (Wildman–Crippen LogP) is 3.75. The van der Waals surface area contributed by atoms with E-state index in [9.17, 15) is 0 Å². The average Bonchev–Trinajstić information content (AvgIpc) is 2.69. The van der Waals surface area contributed by atoms with Gasteiger partial charge >= 0.3 is 0 Å². The number of hydrogen-bond acceptors (Lipinski definition) is 4. The standard InChI is InChI=1S/C22H30N2O2/c1-2-25-22-14-20(16-24-15-18-10-12-23-13-11-18)8-9-21(22)26-17-19-6-4-3-5-7-19/h3-9,14,18,23-24H,2,10-13,15-17H2,1H3. The summed E-state index contributed by atoms with van der Waals surface area (Å²) in [5.74, 6) is 2.42. The molecule has 2 aromatic rings. The van der Waals surface area contributed by atoms with Crippen LogP contribution in [-0.4, -0.2) is 26.2 Å². The van der Waals surface area contributed by atoms with Crippen molar-refractivity contribution in [2.24, 2.45) is 5.92 Å². The van der Waals surface area contributed by atoms with Crippen molar-refractivity contribution in [2.45, 2.75) is 32.9 Å². The summed E-state index contributed by atoms with van der Waals surface area (Å²) >= 11 is 0. The smallest absolute Gasteiger partial charge is 0.161 e. The third-order valence-corrected chi connectivity index (χ3v) is 4.77. The molecule has 1 heterocycles. The highest BCUT2D eigenvalue weighted by atomic mass is 16.5. The van der Waals surface area contributed by atoms with Crippen molar-refractivity contribution in [3.8, 4) is 11.5 Å². The monoisotopic (exact) mass is 354 g/mol. The van der Waals surface area contributed by atoms with E-state index in [1.807, 2.05) is 31.2 Å². The first kappa shape index (κ1) is 18.7. The largest absolute Gasteiger partial charge is 0.490 e. The molecule has 0 aromatic heterocycles. The Balaban J connectivity index is 1.55. The molecule has 0 bridgehead atoms. The Bertz CT molecular complexity index is 654. The lowest BCUT2D eigenvalue weighted by atomic mass is 9.98. The van der Waals surface area contributed by atoms with Crippen molar-refractivity contribution in [1.29, 1.82) is 0 Å². The van der Waals surface area contributed by atoms with Crippen LogP contribution in [0.15, 0.2) is 48.5 Å². The summed E-state index contributed by atoms with van der Waals surface area (Å²) in [6, 6.07) is 16.4. The van der Waals surface area contributed by atoms with Crippen LogP contribution in [0.5, 0.6) is 11.5 Å². The normalized spacial score (nSPS) is 15.0. The van der Waals surface area contributed by atoms with Crippen molar-refractivity contribution in [3.05, 3.63) is 59.7 Å². The van der Waals surface area contributed by atoms with Crippen molar-refractivity contribution < 1.29 is 9.47 Å². The maximum absolute atomic E-state index is 5.98. The van der Waals surface area contributed by atoms with E-state index in [0.717, 1.165) is 49.2 Å². The third-order valence-electron chi connectivity index (χ3n) is 4.77. The number of hydrogen-bond donors (Lipinski definition) is 2. The molecular weight excluding hydrogens is 324 g/mol. The minimum atomic E-state index is 0.550. The zero-order valence-electron chi connectivity index (χ0n) is 15.7. The molecule has 0 saturated carbocycles. The van der Waals surface area contributed by atoms with Gasteiger partial charge in [0, 0.05) is 6.54 Å². The van der Waals surface area contributed by atoms with Crippen LogP contribution in [-0.2, 0) is 13.2 Å². The van der Waals surface area contributed by atoms with Gasteiger partial charge in [-0.05, 0) is 68.6 Å². The maximum atomic E-state index is 5.98. The van der Waals surface area contributed by atoms with Gasteiger partial charge in [0.05, 0.1) is 6.61 Å². The molecule has 140 valence electrons. The molecular formula is C22H30N2O2. The second-order valence-electron chi connectivity index (χ2n) is 6.81. The molecule has 1 aliphatic heterocycles. The van der Waals surface area contributed by atoms with Crippen LogP contribution in [0.1, 0.15) is 30.9 Å². The van der Waals surface area contributed by atoms with E-state index in [2.05, 4.69) is 34.9 Å². The lowest BCUT2D eigenvalue weighted by Crippen LogP contribution is -2.33. The number of ether oxygens (including phenoxy) is 2. The fourth-order valence-corrected chi connectivity index (χ4v) is 3.29. The quantitative estimate of drug-likeness (QED) is 0.720. The van der Waals surface area contributed by atoms with E-state index >= 15 is 0 Å². The molecule has 3 rings (SSSR count). The number of nitrogens with one attached hydrogen (secondary N) is 2. The molecule has 4 nitrogen and oxygen atoms in total. The minimum absolute atomic E-state index is 0.550. The summed E-state index contributed by atoms with van der Waals surface area (Å²) in [5.41, 5.74) is 2.39. The molecule has 4 heteroatoms. The molecule has 0 unspecified atom stereocenters. The zero-order chi connectivity index (χ0) is 18.0. The second kappa shape index (κ2) is 10.2. The van der Waals surface area contributed by atoms with E-state index in [1.54, 1.807) is 0 Å². The number of piperidine rings is 1. The highest BCUT2D eigenvalue weighted by Crippen LogP contribution is 2.29. The third kappa shape index (κ3) is 5.75. The topological polar surface area (TPSA) is 42.5 Å². The van der Waals surface area contributed by atoms with Crippen molar-refractivity contribution >= 4 is 0 Å². The van der Waals surface area contributed by atoms with Gasteiger partial charge in [-0.15, -0.1) is 0 Å². The molecule has 0 aliphatic carbocycles. The zero-order valence-corrected chi connectivity index (χ0v) is 15.7. The van der Waals surface area contributed by atoms with Gasteiger partial charge in [0.15, 0.2) is 11.5 Å². The van der Waals surface area contributed by atoms with Crippen LogP contribution in [0.4, 0.5) is 0 Å². The molecule has 1 aliphatic rings. The van der Waals surface area contributed by atoms with Gasteiger partial charge in [0.25, 0.3) is 0 Å². The Hall–Kier alpha value is -2.04. The number of benzene rings is 2. The highest BCUT2D eigenvalue weighted by Gasteiger charge is 2.12. The minimum Gasteiger partial charge on any atom is -0.490 e. The molecule has 0 atom stereocenters. The molecule has 0 spiro atoms. The summed E-state index contributed by atoms with van der Waals surface area (Å²) in [5, 5.41) is 7.01. The van der Waals surface area contributed by atoms with Crippen molar-refractivity contribution in [3.63, 3.8) is 0 Å². The van der Waals surface area contributed by atoms with Crippen LogP contribution >= 0.6 is 0 Å². The Morgan fingerprint density at radius 1 is 0.962 bits per heavy atom. The second-order valence-corrected chi connectivity index (χ2v) is 6.81. The van der Waals surface area contributed by atoms with Crippen LogP contribution in [0.25, 0.3) is 0 Å². The maximum Gasteiger partial charge on any atom is 0.161 e. The Morgan fingerprint density at radius 3 is 2.54 bits per heavy atom. The average molecular weight is 354 g/mol. The molecule has 26 heavy (non-hydrogen) atoms. The van der Waals surface area contributed by atoms with Gasteiger partial charge < -0.3 is 20.1 Å². The van der Waals surface area contributed by atoms with Gasteiger partial charge in [-0.1, -0.05) is 36.4 Å². The lowest BCUT2D eigenvalue weighted by Gasteiger charge is -2.23. The Morgan fingerprint density at radius 2 is 1.77 bits per heavy atom. The van der Waals surface area contributed by atoms with Crippen LogP contribution in [0.3, 0.4) is 0 Å². The lowest BCUT2D eigenvalue weighted by molar-refractivity contribution is 0.269. The molecule has 2 aromatic carbocycles. The van der Waals surface area contributed by atoms with Gasteiger partial charge in [0.2, 0.25) is 0 Å². The first-order valence-corrected chi connectivity index (χ1v) is 9.69. The van der Waals surface area contributed by atoms with E-state index in [1.165, 1.54) is 18.4 Å². The van der Waals surface area contributed by atoms with Crippen molar-refractivity contribution in [2.75, 3.05) is 26.2 Å². The van der Waals surface area contributed by atoms with Crippen molar-refractivity contribution in [1.82, 2.24) is 10.6 Å². The van der Waals surface area contributed by atoms with E-state index in [4.69, 9.17) is 9.47 Å². The summed E-state index contributed by atoms with van der Waals surface area (Å²) in [6.07, 6.45) is 2.53. The Kier molecular flexibility index (Phi) is 7.35. The first-order chi connectivity index (χ1) is 12.8. The summed E-state index contributed by atoms with van der Waals surface area (Å²) in [7, 11) is 0. The first-order valence-electron chi connectivity index (χ1n) is 9.69. The van der Waals surface area contributed by atoms with E-state index in [-0.39, 0.29) is 0 Å². The summed E-state index contributed by atoms with van der Waals surface area (Å²) in [4.78, 5) is 0. The Labute approximate surface area is 156 Å². The fraction of sp³-hybridized carbons (Fsp3) is 0.455. The predicted molar refractivity (Wildman–Crippen MR) is 106 cm³/mol. The van der Waals surface area contributed by atoms with E-state index < -0.39 is 0 Å².